The number of rotatable bonds is 7. The first-order chi connectivity index (χ1) is 17.6. The molecule has 2 aliphatic rings. The lowest BCUT2D eigenvalue weighted by molar-refractivity contribution is -0.141. The number of benzene rings is 2. The normalized spacial score (nSPS) is 16.9. The summed E-state index contributed by atoms with van der Waals surface area (Å²) in [7, 11) is -2.61. The Morgan fingerprint density at radius 1 is 1.27 bits per heavy atom. The summed E-state index contributed by atoms with van der Waals surface area (Å²) in [5, 5.41) is 9.95. The molecule has 0 saturated heterocycles. The van der Waals surface area contributed by atoms with Crippen molar-refractivity contribution in [1.29, 1.82) is 5.26 Å². The molecule has 10 nitrogen and oxygen atoms in total. The summed E-state index contributed by atoms with van der Waals surface area (Å²) < 4.78 is 50.2. The van der Waals surface area contributed by atoms with E-state index in [4.69, 9.17) is 4.74 Å². The van der Waals surface area contributed by atoms with Crippen molar-refractivity contribution in [2.24, 2.45) is 5.41 Å². The topological polar surface area (TPSA) is 134 Å². The molecule has 2 aromatic carbocycles. The van der Waals surface area contributed by atoms with Gasteiger partial charge in [0.2, 0.25) is 0 Å². The molecular formula is C25H24FN5O5S. The Kier molecular flexibility index (Phi) is 6.00. The molecule has 0 radical (unpaired) electrons. The van der Waals surface area contributed by atoms with Gasteiger partial charge in [0.1, 0.15) is 23.2 Å². The zero-order valence-electron chi connectivity index (χ0n) is 20.2. The Morgan fingerprint density at radius 2 is 2.00 bits per heavy atom. The minimum Gasteiger partial charge on any atom is -0.453 e. The highest BCUT2D eigenvalue weighted by Crippen LogP contribution is 2.58. The lowest BCUT2D eigenvalue weighted by atomic mass is 9.53. The van der Waals surface area contributed by atoms with Crippen LogP contribution < -0.4 is 15.0 Å². The van der Waals surface area contributed by atoms with Gasteiger partial charge in [-0.2, -0.15) is 18.0 Å². The molecule has 0 atom stereocenters. The van der Waals surface area contributed by atoms with E-state index in [1.54, 1.807) is 23.6 Å². The van der Waals surface area contributed by atoms with Crippen LogP contribution >= 0.6 is 0 Å². The number of anilines is 1. The van der Waals surface area contributed by atoms with Gasteiger partial charge in [0.05, 0.1) is 22.9 Å². The van der Waals surface area contributed by atoms with Crippen LogP contribution in [-0.2, 0) is 15.0 Å². The number of nitrogens with zero attached hydrogens (tertiary/aromatic N) is 4. The molecule has 0 amide bonds. The second-order valence-electron chi connectivity index (χ2n) is 9.62. The molecule has 3 aromatic rings. The van der Waals surface area contributed by atoms with Gasteiger partial charge in [0.15, 0.2) is 11.6 Å². The Bertz CT molecular complexity index is 1630. The number of aromatic nitrogens is 2. The SMILES string of the molecule is CCN(C)S(=O)(=O)Nc1ccc(F)c(Oc2ccc3ncn(C4CC5(CC(=O)C5)C4)c(=O)c3c2)c1C#N. The lowest BCUT2D eigenvalue weighted by Gasteiger charge is -2.53. The number of ketones is 1. The average Bonchev–Trinajstić information content (AvgIpc) is 2.83. The highest BCUT2D eigenvalue weighted by Gasteiger charge is 2.53. The molecule has 0 bridgehead atoms. The lowest BCUT2D eigenvalue weighted by Crippen LogP contribution is -2.50. The summed E-state index contributed by atoms with van der Waals surface area (Å²) >= 11 is 0. The van der Waals surface area contributed by atoms with Crippen LogP contribution in [0.15, 0.2) is 41.5 Å². The number of carbonyl (C=O) groups is 1. The molecule has 37 heavy (non-hydrogen) atoms. The van der Waals surface area contributed by atoms with E-state index in [0.29, 0.717) is 18.4 Å². The van der Waals surface area contributed by atoms with E-state index in [9.17, 15) is 27.7 Å². The summed E-state index contributed by atoms with van der Waals surface area (Å²) in [4.78, 5) is 29.0. The molecule has 1 heterocycles. The van der Waals surface area contributed by atoms with Gasteiger partial charge in [-0.1, -0.05) is 6.92 Å². The summed E-state index contributed by atoms with van der Waals surface area (Å²) in [6, 6.07) is 8.35. The van der Waals surface area contributed by atoms with E-state index in [1.165, 1.54) is 25.5 Å². The molecule has 1 spiro atoms. The van der Waals surface area contributed by atoms with Crippen LogP contribution in [0.25, 0.3) is 10.9 Å². The number of nitriles is 1. The van der Waals surface area contributed by atoms with Gasteiger partial charge in [-0.3, -0.25) is 18.9 Å². The van der Waals surface area contributed by atoms with Crippen molar-refractivity contribution < 1.29 is 22.3 Å². The maximum absolute atomic E-state index is 14.8. The fourth-order valence-electron chi connectivity index (χ4n) is 5.01. The van der Waals surface area contributed by atoms with E-state index in [1.807, 2.05) is 0 Å². The molecule has 1 aromatic heterocycles. The van der Waals surface area contributed by atoms with E-state index in [-0.39, 0.29) is 51.7 Å². The predicted molar refractivity (Wildman–Crippen MR) is 133 cm³/mol. The third-order valence-corrected chi connectivity index (χ3v) is 8.72. The number of carbonyl (C=O) groups excluding carboxylic acids is 1. The van der Waals surface area contributed by atoms with Gasteiger partial charge in [-0.15, -0.1) is 0 Å². The maximum atomic E-state index is 14.8. The van der Waals surface area contributed by atoms with Crippen LogP contribution in [0.4, 0.5) is 10.1 Å². The van der Waals surface area contributed by atoms with Crippen molar-refractivity contribution in [1.82, 2.24) is 13.9 Å². The Hall–Kier alpha value is -3.82. The molecule has 192 valence electrons. The largest absolute Gasteiger partial charge is 0.453 e. The van der Waals surface area contributed by atoms with Crippen LogP contribution in [0.3, 0.4) is 0 Å². The maximum Gasteiger partial charge on any atom is 0.301 e. The van der Waals surface area contributed by atoms with Crippen LogP contribution in [0.2, 0.25) is 0 Å². The fourth-order valence-corrected chi connectivity index (χ4v) is 5.95. The molecule has 5 rings (SSSR count). The summed E-state index contributed by atoms with van der Waals surface area (Å²) in [6.07, 6.45) is 4.12. The molecule has 2 fully saturated rings. The van der Waals surface area contributed by atoms with Gasteiger partial charge in [-0.25, -0.2) is 9.37 Å². The van der Waals surface area contributed by atoms with Gasteiger partial charge in [0.25, 0.3) is 5.56 Å². The zero-order valence-corrected chi connectivity index (χ0v) is 21.0. The quantitative estimate of drug-likeness (QED) is 0.499. The van der Waals surface area contributed by atoms with E-state index in [2.05, 4.69) is 9.71 Å². The average molecular weight is 526 g/mol. The van der Waals surface area contributed by atoms with Gasteiger partial charge >= 0.3 is 10.2 Å². The minimum absolute atomic E-state index is 0.0186. The summed E-state index contributed by atoms with van der Waals surface area (Å²) in [6.45, 7) is 1.83. The molecule has 2 aliphatic carbocycles. The Balaban J connectivity index is 1.46. The van der Waals surface area contributed by atoms with Gasteiger partial charge in [0, 0.05) is 32.5 Å². The number of halogens is 1. The van der Waals surface area contributed by atoms with Crippen LogP contribution in [-0.4, -0.2) is 41.6 Å². The minimum atomic E-state index is -3.97. The first-order valence-corrected chi connectivity index (χ1v) is 13.2. The standard InChI is InChI=1S/C25H24FN5O5S/c1-3-30(2)37(34,35)29-22-7-5-20(26)23(19(22)13-27)36-17-4-6-21-18(8-17)24(33)31(14-28-21)15-9-25(10-15)11-16(32)12-25/h4-8,14-15,29H,3,9-12H2,1-2H3. The second kappa shape index (κ2) is 8.93. The number of hydrogen-bond donors (Lipinski definition) is 1. The first-order valence-electron chi connectivity index (χ1n) is 11.7. The monoisotopic (exact) mass is 525 g/mol. The van der Waals surface area contributed by atoms with Crippen molar-refractivity contribution in [3.8, 4) is 17.6 Å². The summed E-state index contributed by atoms with van der Waals surface area (Å²) in [5.74, 6) is -1.01. The highest BCUT2D eigenvalue weighted by molar-refractivity contribution is 7.90. The highest BCUT2D eigenvalue weighted by atomic mass is 32.2. The van der Waals surface area contributed by atoms with Gasteiger partial charge in [-0.05, 0) is 48.6 Å². The Morgan fingerprint density at radius 3 is 2.65 bits per heavy atom. The third kappa shape index (κ3) is 4.34. The van der Waals surface area contributed by atoms with Crippen molar-refractivity contribution >= 4 is 32.6 Å². The van der Waals surface area contributed by atoms with Crippen molar-refractivity contribution in [2.45, 2.75) is 38.6 Å². The number of nitrogens with one attached hydrogen (secondary N) is 1. The number of ether oxygens (including phenoxy) is 1. The van der Waals surface area contributed by atoms with Crippen LogP contribution in [0.1, 0.15) is 44.2 Å². The van der Waals surface area contributed by atoms with Crippen LogP contribution in [0.5, 0.6) is 11.5 Å². The second-order valence-corrected chi connectivity index (χ2v) is 11.4. The smallest absolute Gasteiger partial charge is 0.301 e. The molecule has 1 N–H and O–H groups in total. The van der Waals surface area contributed by atoms with Crippen molar-refractivity contribution in [3.63, 3.8) is 0 Å². The molecule has 2 saturated carbocycles. The van der Waals surface area contributed by atoms with Crippen molar-refractivity contribution in [3.05, 3.63) is 58.4 Å². The first kappa shape index (κ1) is 24.9. The third-order valence-electron chi connectivity index (χ3n) is 7.17. The Labute approximate surface area is 212 Å². The zero-order chi connectivity index (χ0) is 26.5. The van der Waals surface area contributed by atoms with Crippen molar-refractivity contribution in [2.75, 3.05) is 18.3 Å². The van der Waals surface area contributed by atoms with E-state index < -0.39 is 21.8 Å². The number of fused-ring (bicyclic) bond motifs is 1. The predicted octanol–water partition coefficient (Wildman–Crippen LogP) is 3.49. The van der Waals surface area contributed by atoms with E-state index in [0.717, 1.165) is 29.3 Å². The molecule has 0 unspecified atom stereocenters. The van der Waals surface area contributed by atoms with E-state index >= 15 is 0 Å². The number of Topliss-reactive ketones (excluding diaryl/α,β-unsaturated/α-hetero) is 1. The number of hydrogen-bond acceptors (Lipinski definition) is 7. The molecular weight excluding hydrogens is 501 g/mol. The fraction of sp³-hybridized carbons (Fsp3) is 0.360. The molecule has 0 aliphatic heterocycles. The van der Waals surface area contributed by atoms with Crippen LogP contribution in [0, 0.1) is 22.6 Å². The van der Waals surface area contributed by atoms with Gasteiger partial charge < -0.3 is 4.74 Å². The molecule has 12 heteroatoms. The summed E-state index contributed by atoms with van der Waals surface area (Å²) in [5.41, 5.74) is -0.327.